The van der Waals surface area contributed by atoms with Gasteiger partial charge in [-0.05, 0) is 59.0 Å². The van der Waals surface area contributed by atoms with Crippen molar-refractivity contribution >= 4 is 56.4 Å². The summed E-state index contributed by atoms with van der Waals surface area (Å²) in [5.41, 5.74) is 0.672. The molecule has 0 atom stereocenters. The Labute approximate surface area is 231 Å². The molecule has 202 valence electrons. The molecule has 1 aliphatic heterocycles. The van der Waals surface area contributed by atoms with E-state index in [2.05, 4.69) is 5.32 Å². The summed E-state index contributed by atoms with van der Waals surface area (Å²) in [5, 5.41) is 3.42. The van der Waals surface area contributed by atoms with Gasteiger partial charge in [-0.1, -0.05) is 53.0 Å². The van der Waals surface area contributed by atoms with Crippen molar-refractivity contribution in [3.05, 3.63) is 97.2 Å². The zero-order valence-electron chi connectivity index (χ0n) is 19.4. The predicted molar refractivity (Wildman–Crippen MR) is 138 cm³/mol. The molecule has 3 aromatic carbocycles. The lowest BCUT2D eigenvalue weighted by molar-refractivity contribution is -0.140. The quantitative estimate of drug-likeness (QED) is 0.310. The molecule has 0 bridgehead atoms. The molecule has 0 saturated heterocycles. The first-order valence-corrected chi connectivity index (χ1v) is 13.9. The lowest BCUT2D eigenvalue weighted by Crippen LogP contribution is -2.37. The number of anilines is 1. The normalized spacial score (nSPS) is 14.3. The first kappa shape index (κ1) is 28.6. The maximum atomic E-state index is 13.9. The van der Waals surface area contributed by atoms with Gasteiger partial charge in [0.15, 0.2) is 0 Å². The van der Waals surface area contributed by atoms with Crippen molar-refractivity contribution in [1.29, 1.82) is 0 Å². The van der Waals surface area contributed by atoms with Crippen molar-refractivity contribution in [2.24, 2.45) is 0 Å². The van der Waals surface area contributed by atoms with Gasteiger partial charge in [-0.15, -0.1) is 0 Å². The van der Waals surface area contributed by atoms with Crippen LogP contribution in [0.2, 0.25) is 15.1 Å². The van der Waals surface area contributed by atoms with Gasteiger partial charge in [0.05, 0.1) is 38.5 Å². The molecular weight excluding hydrogens is 591 g/mol. The van der Waals surface area contributed by atoms with Crippen molar-refractivity contribution in [2.75, 3.05) is 11.9 Å². The third-order valence-corrected chi connectivity index (χ3v) is 8.86. The summed E-state index contributed by atoms with van der Waals surface area (Å²) in [5.74, 6) is -2.37. The van der Waals surface area contributed by atoms with E-state index in [0.717, 1.165) is 6.07 Å². The monoisotopic (exact) mass is 608 g/mol. The fourth-order valence-electron chi connectivity index (χ4n) is 4.17. The Kier molecular flexibility index (Phi) is 8.30. The summed E-state index contributed by atoms with van der Waals surface area (Å²) in [7, 11) is -3.72. The molecule has 5 nitrogen and oxygen atoms in total. The van der Waals surface area contributed by atoms with Crippen LogP contribution in [0, 0.1) is 5.82 Å². The SMILES string of the molecule is O=C(Cc1ccc(C(F)(F)F)c(F)c1)Nc1c(Cl)ccc2c1CCN(S(=O)(=O)Cc1ccc(Cl)c(Cl)c1)C2. The summed E-state index contributed by atoms with van der Waals surface area (Å²) < 4.78 is 79.7. The number of nitrogens with one attached hydrogen (secondary N) is 1. The topological polar surface area (TPSA) is 66.5 Å². The van der Waals surface area contributed by atoms with Gasteiger partial charge in [-0.25, -0.2) is 12.8 Å². The van der Waals surface area contributed by atoms with E-state index < -0.39 is 33.5 Å². The molecular formula is C25H19Cl3F4N2O3S. The number of carbonyl (C=O) groups excluding carboxylic acids is 1. The van der Waals surface area contributed by atoms with Crippen LogP contribution in [0.25, 0.3) is 0 Å². The van der Waals surface area contributed by atoms with E-state index in [1.54, 1.807) is 12.1 Å². The minimum Gasteiger partial charge on any atom is -0.324 e. The lowest BCUT2D eigenvalue weighted by atomic mass is 9.98. The second kappa shape index (κ2) is 11.0. The highest BCUT2D eigenvalue weighted by molar-refractivity contribution is 7.88. The van der Waals surface area contributed by atoms with Gasteiger partial charge in [0, 0.05) is 13.1 Å². The first-order valence-electron chi connectivity index (χ1n) is 11.1. The Bertz CT molecular complexity index is 1510. The first-order chi connectivity index (χ1) is 17.7. The number of benzene rings is 3. The molecule has 0 spiro atoms. The van der Waals surface area contributed by atoms with Gasteiger partial charge in [0.25, 0.3) is 0 Å². The van der Waals surface area contributed by atoms with Gasteiger partial charge in [-0.2, -0.15) is 17.5 Å². The highest BCUT2D eigenvalue weighted by atomic mass is 35.5. The molecule has 38 heavy (non-hydrogen) atoms. The molecule has 1 aliphatic rings. The van der Waals surface area contributed by atoms with Gasteiger partial charge in [-0.3, -0.25) is 4.79 Å². The van der Waals surface area contributed by atoms with Gasteiger partial charge in [0.1, 0.15) is 5.82 Å². The summed E-state index contributed by atoms with van der Waals surface area (Å²) in [6.45, 7) is 0.174. The number of sulfonamides is 1. The summed E-state index contributed by atoms with van der Waals surface area (Å²) in [4.78, 5) is 12.7. The molecule has 3 aromatic rings. The molecule has 0 unspecified atom stereocenters. The van der Waals surface area contributed by atoms with Crippen molar-refractivity contribution in [3.63, 3.8) is 0 Å². The third-order valence-electron chi connectivity index (χ3n) is 6.01. The van der Waals surface area contributed by atoms with Crippen molar-refractivity contribution in [2.45, 2.75) is 31.3 Å². The lowest BCUT2D eigenvalue weighted by Gasteiger charge is -2.30. The molecule has 0 aliphatic carbocycles. The van der Waals surface area contributed by atoms with Crippen LogP contribution in [-0.4, -0.2) is 25.2 Å². The number of alkyl halides is 3. The van der Waals surface area contributed by atoms with Crippen LogP contribution in [0.3, 0.4) is 0 Å². The third kappa shape index (κ3) is 6.43. The summed E-state index contributed by atoms with van der Waals surface area (Å²) in [6.07, 6.45) is -4.98. The largest absolute Gasteiger partial charge is 0.419 e. The molecule has 1 amide bonds. The van der Waals surface area contributed by atoms with Gasteiger partial charge in [0.2, 0.25) is 15.9 Å². The van der Waals surface area contributed by atoms with Crippen LogP contribution in [0.5, 0.6) is 0 Å². The second-order valence-corrected chi connectivity index (χ2v) is 11.9. The second-order valence-electron chi connectivity index (χ2n) is 8.69. The Balaban J connectivity index is 1.49. The van der Waals surface area contributed by atoms with E-state index in [0.29, 0.717) is 33.8 Å². The smallest absolute Gasteiger partial charge is 0.324 e. The van der Waals surface area contributed by atoms with Crippen LogP contribution in [-0.2, 0) is 46.1 Å². The van der Waals surface area contributed by atoms with Crippen LogP contribution in [0.4, 0.5) is 23.2 Å². The number of rotatable bonds is 6. The molecule has 4 rings (SSSR count). The number of halogens is 7. The van der Waals surface area contributed by atoms with E-state index in [9.17, 15) is 30.8 Å². The molecule has 1 heterocycles. The maximum absolute atomic E-state index is 13.9. The Morgan fingerprint density at radius 2 is 1.63 bits per heavy atom. The fourth-order valence-corrected chi connectivity index (χ4v) is 6.21. The summed E-state index contributed by atoms with van der Waals surface area (Å²) in [6, 6.07) is 10.1. The Hall–Kier alpha value is -2.37. The van der Waals surface area contributed by atoms with Crippen LogP contribution >= 0.6 is 34.8 Å². The van der Waals surface area contributed by atoms with E-state index in [-0.39, 0.29) is 53.0 Å². The number of carbonyl (C=O) groups is 1. The van der Waals surface area contributed by atoms with Gasteiger partial charge >= 0.3 is 6.18 Å². The number of fused-ring (bicyclic) bond motifs is 1. The average Bonchev–Trinajstić information content (AvgIpc) is 2.82. The maximum Gasteiger partial charge on any atom is 0.419 e. The van der Waals surface area contributed by atoms with E-state index >= 15 is 0 Å². The average molecular weight is 610 g/mol. The highest BCUT2D eigenvalue weighted by Gasteiger charge is 2.34. The highest BCUT2D eigenvalue weighted by Crippen LogP contribution is 2.35. The fraction of sp³-hybridized carbons (Fsp3) is 0.240. The number of hydrogen-bond donors (Lipinski definition) is 1. The standard InChI is InChI=1S/C25H19Cl3F4N2O3S/c26-19-5-2-15(9-21(19)28)13-38(36,37)34-8-7-17-16(12-34)3-6-20(27)24(17)33-23(35)11-14-1-4-18(22(29)10-14)25(30,31)32/h1-6,9-10H,7-8,11-13H2,(H,33,35). The number of nitrogens with zero attached hydrogens (tertiary/aromatic N) is 1. The van der Waals surface area contributed by atoms with Crippen LogP contribution in [0.1, 0.15) is 27.8 Å². The molecule has 0 saturated carbocycles. The Morgan fingerprint density at radius 1 is 0.947 bits per heavy atom. The van der Waals surface area contributed by atoms with E-state index in [1.807, 2.05) is 0 Å². The van der Waals surface area contributed by atoms with Crippen LogP contribution in [0.15, 0.2) is 48.5 Å². The Morgan fingerprint density at radius 3 is 2.29 bits per heavy atom. The molecule has 0 radical (unpaired) electrons. The zero-order valence-corrected chi connectivity index (χ0v) is 22.5. The van der Waals surface area contributed by atoms with Crippen molar-refractivity contribution in [3.8, 4) is 0 Å². The number of hydrogen-bond acceptors (Lipinski definition) is 3. The predicted octanol–water partition coefficient (Wildman–Crippen LogP) is 6.87. The van der Waals surface area contributed by atoms with Gasteiger partial charge < -0.3 is 5.32 Å². The van der Waals surface area contributed by atoms with E-state index in [1.165, 1.54) is 22.5 Å². The van der Waals surface area contributed by atoms with Crippen molar-refractivity contribution < 1.29 is 30.8 Å². The zero-order chi connectivity index (χ0) is 27.8. The molecule has 13 heteroatoms. The van der Waals surface area contributed by atoms with Crippen LogP contribution < -0.4 is 5.32 Å². The summed E-state index contributed by atoms with van der Waals surface area (Å²) >= 11 is 18.2. The molecule has 1 N–H and O–H groups in total. The molecule has 0 aromatic heterocycles. The minimum absolute atomic E-state index is 0.0448. The van der Waals surface area contributed by atoms with Crippen molar-refractivity contribution in [1.82, 2.24) is 4.31 Å². The van der Waals surface area contributed by atoms with E-state index in [4.69, 9.17) is 34.8 Å². The minimum atomic E-state index is -4.84. The molecule has 0 fully saturated rings. The number of amides is 1.